The van der Waals surface area contributed by atoms with Crippen molar-refractivity contribution in [2.24, 2.45) is 0 Å². The highest BCUT2D eigenvalue weighted by atomic mass is 16.2. The van der Waals surface area contributed by atoms with Gasteiger partial charge < -0.3 is 10.6 Å². The summed E-state index contributed by atoms with van der Waals surface area (Å²) in [5, 5.41) is 12.6. The summed E-state index contributed by atoms with van der Waals surface area (Å²) >= 11 is 0. The number of aromatic nitrogens is 2. The summed E-state index contributed by atoms with van der Waals surface area (Å²) in [5.74, 6) is -0.680. The zero-order valence-electron chi connectivity index (χ0n) is 20.4. The number of benzene rings is 2. The zero-order valence-corrected chi connectivity index (χ0v) is 20.4. The van der Waals surface area contributed by atoms with Gasteiger partial charge in [0.05, 0.1) is 17.9 Å². The number of hydrogen-bond donors (Lipinski definition) is 3. The minimum absolute atomic E-state index is 0.103. The number of imide groups is 1. The van der Waals surface area contributed by atoms with E-state index < -0.39 is 18.0 Å². The molecule has 0 saturated carbocycles. The summed E-state index contributed by atoms with van der Waals surface area (Å²) in [6, 6.07) is 14.0. The Balaban J connectivity index is 1.50. The highest BCUT2D eigenvalue weighted by Gasteiger charge is 2.36. The van der Waals surface area contributed by atoms with Crippen molar-refractivity contribution in [3.05, 3.63) is 76.6 Å². The number of carbonyl (C=O) groups excluding carboxylic acids is 3. The summed E-state index contributed by atoms with van der Waals surface area (Å²) in [7, 11) is 0. The highest BCUT2D eigenvalue weighted by molar-refractivity contribution is 6.02. The predicted molar refractivity (Wildman–Crippen MR) is 133 cm³/mol. The molecule has 9 nitrogen and oxygen atoms in total. The fourth-order valence-corrected chi connectivity index (χ4v) is 4.53. The molecule has 4 rings (SSSR count). The van der Waals surface area contributed by atoms with Gasteiger partial charge in [-0.05, 0) is 51.5 Å². The molecular formula is C26H30N6O3. The van der Waals surface area contributed by atoms with E-state index >= 15 is 0 Å². The molecule has 1 aromatic heterocycles. The smallest absolute Gasteiger partial charge is 0.325 e. The molecule has 0 spiro atoms. The number of carbonyl (C=O) groups is 3. The lowest BCUT2D eigenvalue weighted by Crippen LogP contribution is -2.53. The lowest BCUT2D eigenvalue weighted by Gasteiger charge is -2.34. The van der Waals surface area contributed by atoms with Gasteiger partial charge in [-0.25, -0.2) is 9.48 Å². The van der Waals surface area contributed by atoms with Gasteiger partial charge in [0.2, 0.25) is 11.8 Å². The quantitative estimate of drug-likeness (QED) is 0.527. The van der Waals surface area contributed by atoms with Crippen molar-refractivity contribution in [2.45, 2.75) is 33.7 Å². The van der Waals surface area contributed by atoms with Crippen LogP contribution in [0.15, 0.2) is 48.5 Å². The van der Waals surface area contributed by atoms with Crippen molar-refractivity contribution in [1.29, 1.82) is 0 Å². The maximum atomic E-state index is 13.0. The molecule has 9 heteroatoms. The number of nitrogens with one attached hydrogen (secondary N) is 3. The summed E-state index contributed by atoms with van der Waals surface area (Å²) in [4.78, 5) is 39.9. The number of para-hydroxylation sites is 1. The Morgan fingerprint density at radius 3 is 2.54 bits per heavy atom. The van der Waals surface area contributed by atoms with Crippen LogP contribution in [-0.2, 0) is 9.59 Å². The summed E-state index contributed by atoms with van der Waals surface area (Å²) in [6.45, 7) is 8.42. The van der Waals surface area contributed by atoms with Crippen LogP contribution in [0.5, 0.6) is 0 Å². The van der Waals surface area contributed by atoms with Crippen molar-refractivity contribution >= 4 is 23.5 Å². The molecule has 1 unspecified atom stereocenters. The second kappa shape index (κ2) is 10.1. The molecule has 1 saturated heterocycles. The number of nitrogens with zero attached hydrogens (tertiary/aromatic N) is 3. The molecule has 3 aromatic rings. The Kier molecular flexibility index (Phi) is 6.97. The molecule has 35 heavy (non-hydrogen) atoms. The number of piperazine rings is 1. The minimum atomic E-state index is -0.686. The van der Waals surface area contributed by atoms with Gasteiger partial charge in [-0.15, -0.1) is 0 Å². The third-order valence-electron chi connectivity index (χ3n) is 6.16. The third kappa shape index (κ3) is 5.25. The van der Waals surface area contributed by atoms with Gasteiger partial charge in [0.25, 0.3) is 0 Å². The van der Waals surface area contributed by atoms with E-state index in [0.717, 1.165) is 28.1 Å². The molecule has 4 amide bonds. The predicted octanol–water partition coefficient (Wildman–Crippen LogP) is 2.93. The van der Waals surface area contributed by atoms with Gasteiger partial charge in [-0.2, -0.15) is 5.10 Å². The fourth-order valence-electron chi connectivity index (χ4n) is 4.53. The van der Waals surface area contributed by atoms with Crippen LogP contribution in [0, 0.1) is 27.7 Å². The van der Waals surface area contributed by atoms with E-state index in [0.29, 0.717) is 24.5 Å². The molecule has 1 aliphatic rings. The Morgan fingerprint density at radius 1 is 1.09 bits per heavy atom. The number of rotatable bonds is 5. The Labute approximate surface area is 204 Å². The molecule has 1 aliphatic heterocycles. The molecule has 182 valence electrons. The molecule has 1 fully saturated rings. The van der Waals surface area contributed by atoms with Gasteiger partial charge >= 0.3 is 6.03 Å². The molecule has 3 N–H and O–H groups in total. The van der Waals surface area contributed by atoms with Crippen LogP contribution in [0.1, 0.15) is 34.1 Å². The number of urea groups is 1. The second-order valence-electron chi connectivity index (χ2n) is 8.82. The normalized spacial score (nSPS) is 16.0. The fraction of sp³-hybridized carbons (Fsp3) is 0.308. The molecule has 2 aromatic carbocycles. The second-order valence-corrected chi connectivity index (χ2v) is 8.82. The SMILES string of the molecule is Cc1ccc(NC(=O)NC(=O)CN2CCNC(=O)C2c2c(C)nn(-c3ccccc3)c2C)c(C)c1. The maximum absolute atomic E-state index is 13.0. The van der Waals surface area contributed by atoms with Crippen LogP contribution in [0.4, 0.5) is 10.5 Å². The monoisotopic (exact) mass is 474 g/mol. The number of aryl methyl sites for hydroxylation is 3. The first kappa shape index (κ1) is 24.2. The van der Waals surface area contributed by atoms with Crippen molar-refractivity contribution in [3.63, 3.8) is 0 Å². The average molecular weight is 475 g/mol. The van der Waals surface area contributed by atoms with Crippen molar-refractivity contribution in [1.82, 2.24) is 25.3 Å². The molecule has 0 aliphatic carbocycles. The van der Waals surface area contributed by atoms with Crippen molar-refractivity contribution < 1.29 is 14.4 Å². The van der Waals surface area contributed by atoms with Crippen LogP contribution in [-0.4, -0.2) is 52.2 Å². The van der Waals surface area contributed by atoms with E-state index in [4.69, 9.17) is 0 Å². The lowest BCUT2D eigenvalue weighted by molar-refractivity contribution is -0.131. The first-order valence-corrected chi connectivity index (χ1v) is 11.6. The van der Waals surface area contributed by atoms with Gasteiger partial charge in [0.1, 0.15) is 6.04 Å². The van der Waals surface area contributed by atoms with Crippen LogP contribution in [0.2, 0.25) is 0 Å². The van der Waals surface area contributed by atoms with Crippen molar-refractivity contribution in [3.8, 4) is 5.69 Å². The lowest BCUT2D eigenvalue weighted by atomic mass is 10.00. The third-order valence-corrected chi connectivity index (χ3v) is 6.16. The first-order valence-electron chi connectivity index (χ1n) is 11.6. The zero-order chi connectivity index (χ0) is 25.1. The van der Waals surface area contributed by atoms with Gasteiger partial charge in [0, 0.05) is 30.0 Å². The molecular weight excluding hydrogens is 444 g/mol. The van der Waals surface area contributed by atoms with E-state index in [1.165, 1.54) is 0 Å². The van der Waals surface area contributed by atoms with Gasteiger partial charge in [-0.1, -0.05) is 35.9 Å². The number of hydrogen-bond acceptors (Lipinski definition) is 5. The van der Waals surface area contributed by atoms with E-state index in [1.54, 1.807) is 11.0 Å². The largest absolute Gasteiger partial charge is 0.353 e. The number of anilines is 1. The number of amides is 4. The van der Waals surface area contributed by atoms with Crippen LogP contribution in [0.3, 0.4) is 0 Å². The molecule has 1 atom stereocenters. The van der Waals surface area contributed by atoms with E-state index in [1.807, 2.05) is 74.8 Å². The van der Waals surface area contributed by atoms with Crippen LogP contribution in [0.25, 0.3) is 5.69 Å². The molecule has 0 bridgehead atoms. The summed E-state index contributed by atoms with van der Waals surface area (Å²) in [5.41, 5.74) is 5.82. The standard InChI is InChI=1S/C26H30N6O3/c1-16-10-11-21(17(2)14-16)28-26(35)29-22(33)15-31-13-12-27-25(34)24(31)23-18(3)30-32(19(23)4)20-8-6-5-7-9-20/h5-11,14,24H,12-13,15H2,1-4H3,(H,27,34)(H2,28,29,33,35). The van der Waals surface area contributed by atoms with E-state index in [2.05, 4.69) is 21.0 Å². The average Bonchev–Trinajstić information content (AvgIpc) is 3.10. The van der Waals surface area contributed by atoms with Crippen LogP contribution >= 0.6 is 0 Å². The Morgan fingerprint density at radius 2 is 1.83 bits per heavy atom. The minimum Gasteiger partial charge on any atom is -0.353 e. The first-order chi connectivity index (χ1) is 16.7. The summed E-state index contributed by atoms with van der Waals surface area (Å²) < 4.78 is 1.81. The Bertz CT molecular complexity index is 1270. The Hall–Kier alpha value is -3.98. The maximum Gasteiger partial charge on any atom is 0.325 e. The van der Waals surface area contributed by atoms with E-state index in [-0.39, 0.29) is 12.5 Å². The molecule has 2 heterocycles. The van der Waals surface area contributed by atoms with Crippen molar-refractivity contribution in [2.75, 3.05) is 25.0 Å². The molecule has 0 radical (unpaired) electrons. The van der Waals surface area contributed by atoms with Crippen LogP contribution < -0.4 is 16.0 Å². The van der Waals surface area contributed by atoms with Gasteiger partial charge in [0.15, 0.2) is 0 Å². The topological polar surface area (TPSA) is 108 Å². The summed E-state index contributed by atoms with van der Waals surface area (Å²) in [6.07, 6.45) is 0. The highest BCUT2D eigenvalue weighted by Crippen LogP contribution is 2.30. The van der Waals surface area contributed by atoms with Gasteiger partial charge in [-0.3, -0.25) is 19.8 Å². The van der Waals surface area contributed by atoms with E-state index in [9.17, 15) is 14.4 Å².